The Labute approximate surface area is 121 Å². The summed E-state index contributed by atoms with van der Waals surface area (Å²) in [5.74, 6) is -1.35. The van der Waals surface area contributed by atoms with Gasteiger partial charge in [0.1, 0.15) is 17.0 Å². The molecule has 1 aromatic carbocycles. The normalized spacial score (nSPS) is 10.9. The van der Waals surface area contributed by atoms with Crippen LogP contribution in [0.4, 0.5) is 4.39 Å². The van der Waals surface area contributed by atoms with E-state index in [9.17, 15) is 14.3 Å². The Morgan fingerprint density at radius 1 is 1.30 bits per heavy atom. The van der Waals surface area contributed by atoms with Crippen LogP contribution in [0.5, 0.6) is 0 Å². The van der Waals surface area contributed by atoms with E-state index in [0.29, 0.717) is 10.4 Å². The number of aromatic nitrogens is 1. The smallest absolute Gasteiger partial charge is 0.336 e. The topological polar surface area (TPSA) is 63.3 Å². The van der Waals surface area contributed by atoms with Crippen LogP contribution >= 0.6 is 15.9 Å². The van der Waals surface area contributed by atoms with Crippen LogP contribution in [0.25, 0.3) is 22.4 Å². The molecule has 3 rings (SSSR count). The number of pyridine rings is 1. The maximum atomic E-state index is 13.8. The van der Waals surface area contributed by atoms with Crippen molar-refractivity contribution >= 4 is 32.8 Å². The zero-order chi connectivity index (χ0) is 14.3. The number of nitrogens with zero attached hydrogens (tertiary/aromatic N) is 1. The van der Waals surface area contributed by atoms with Crippen molar-refractivity contribution in [3.8, 4) is 11.5 Å². The van der Waals surface area contributed by atoms with E-state index < -0.39 is 11.8 Å². The number of fused-ring (bicyclic) bond motifs is 1. The summed E-state index contributed by atoms with van der Waals surface area (Å²) in [5, 5.41) is 9.52. The number of hydrogen-bond acceptors (Lipinski definition) is 3. The summed E-state index contributed by atoms with van der Waals surface area (Å²) in [6.07, 6.45) is 0. The second-order valence-corrected chi connectivity index (χ2v) is 4.88. The lowest BCUT2D eigenvalue weighted by Crippen LogP contribution is -2.01. The predicted molar refractivity (Wildman–Crippen MR) is 74.1 cm³/mol. The SMILES string of the molecule is O=C(O)c1cc(-c2ccc(Br)o2)nc2c(F)cccc12. The van der Waals surface area contributed by atoms with Gasteiger partial charge in [0.25, 0.3) is 0 Å². The minimum atomic E-state index is -1.14. The number of rotatable bonds is 2. The lowest BCUT2D eigenvalue weighted by molar-refractivity contribution is 0.0699. The molecule has 0 fully saturated rings. The lowest BCUT2D eigenvalue weighted by Gasteiger charge is -2.05. The second kappa shape index (κ2) is 4.72. The van der Waals surface area contributed by atoms with Gasteiger partial charge in [-0.2, -0.15) is 0 Å². The fraction of sp³-hybridized carbons (Fsp3) is 0. The first-order valence-electron chi connectivity index (χ1n) is 5.64. The van der Waals surface area contributed by atoms with Crippen molar-refractivity contribution in [2.75, 3.05) is 0 Å². The molecule has 0 unspecified atom stereocenters. The molecule has 0 aliphatic carbocycles. The molecule has 0 radical (unpaired) electrons. The first-order chi connectivity index (χ1) is 9.56. The molecule has 0 amide bonds. The number of aromatic carboxylic acids is 1. The maximum Gasteiger partial charge on any atom is 0.336 e. The van der Waals surface area contributed by atoms with Crippen LogP contribution in [-0.2, 0) is 0 Å². The Balaban J connectivity index is 2.35. The van der Waals surface area contributed by atoms with Crippen molar-refractivity contribution < 1.29 is 18.7 Å². The van der Waals surface area contributed by atoms with E-state index in [1.54, 1.807) is 12.1 Å². The Bertz CT molecular complexity index is 828. The number of carboxylic acid groups (broad SMARTS) is 1. The lowest BCUT2D eigenvalue weighted by atomic mass is 10.1. The summed E-state index contributed by atoms with van der Waals surface area (Å²) in [6, 6.07) is 8.87. The third kappa shape index (κ3) is 2.08. The molecule has 0 spiro atoms. The molecular formula is C14H7BrFNO3. The molecule has 1 N–H and O–H groups in total. The molecule has 0 saturated heterocycles. The van der Waals surface area contributed by atoms with Crippen LogP contribution < -0.4 is 0 Å². The number of benzene rings is 1. The Morgan fingerprint density at radius 2 is 2.10 bits per heavy atom. The van der Waals surface area contributed by atoms with Crippen molar-refractivity contribution in [3.63, 3.8) is 0 Å². The van der Waals surface area contributed by atoms with Gasteiger partial charge in [-0.25, -0.2) is 14.2 Å². The zero-order valence-electron chi connectivity index (χ0n) is 9.93. The third-order valence-corrected chi connectivity index (χ3v) is 3.27. The van der Waals surface area contributed by atoms with Crippen LogP contribution in [0.15, 0.2) is 45.5 Å². The first kappa shape index (κ1) is 12.8. The van der Waals surface area contributed by atoms with Gasteiger partial charge in [0.05, 0.1) is 5.56 Å². The Morgan fingerprint density at radius 3 is 2.75 bits per heavy atom. The second-order valence-electron chi connectivity index (χ2n) is 4.10. The van der Waals surface area contributed by atoms with E-state index in [2.05, 4.69) is 20.9 Å². The van der Waals surface area contributed by atoms with E-state index in [0.717, 1.165) is 0 Å². The number of para-hydroxylation sites is 1. The van der Waals surface area contributed by atoms with Crippen molar-refractivity contribution in [2.45, 2.75) is 0 Å². The van der Waals surface area contributed by atoms with E-state index in [1.165, 1.54) is 24.3 Å². The van der Waals surface area contributed by atoms with E-state index in [1.807, 2.05) is 0 Å². The fourth-order valence-corrected chi connectivity index (χ4v) is 2.28. The molecule has 100 valence electrons. The predicted octanol–water partition coefficient (Wildman–Crippen LogP) is 4.09. The molecule has 4 nitrogen and oxygen atoms in total. The van der Waals surface area contributed by atoms with Gasteiger partial charge in [-0.05, 0) is 40.2 Å². The van der Waals surface area contributed by atoms with E-state index in [-0.39, 0.29) is 22.2 Å². The highest BCUT2D eigenvalue weighted by Gasteiger charge is 2.16. The minimum absolute atomic E-state index is 0.00919. The van der Waals surface area contributed by atoms with Crippen LogP contribution in [0, 0.1) is 5.82 Å². The quantitative estimate of drug-likeness (QED) is 0.765. The Hall–Kier alpha value is -2.21. The highest BCUT2D eigenvalue weighted by atomic mass is 79.9. The zero-order valence-corrected chi connectivity index (χ0v) is 11.5. The summed E-state index contributed by atoms with van der Waals surface area (Å²) in [7, 11) is 0. The van der Waals surface area contributed by atoms with Gasteiger partial charge >= 0.3 is 5.97 Å². The molecule has 20 heavy (non-hydrogen) atoms. The van der Waals surface area contributed by atoms with E-state index >= 15 is 0 Å². The van der Waals surface area contributed by atoms with Crippen molar-refractivity contribution in [1.29, 1.82) is 0 Å². The van der Waals surface area contributed by atoms with Crippen molar-refractivity contribution in [2.24, 2.45) is 0 Å². The number of halogens is 2. The van der Waals surface area contributed by atoms with Crippen LogP contribution in [0.2, 0.25) is 0 Å². The van der Waals surface area contributed by atoms with Gasteiger partial charge in [0.15, 0.2) is 10.4 Å². The van der Waals surface area contributed by atoms with Crippen LogP contribution in [-0.4, -0.2) is 16.1 Å². The summed E-state index contributed by atoms with van der Waals surface area (Å²) in [6.45, 7) is 0. The van der Waals surface area contributed by atoms with Gasteiger partial charge in [-0.15, -0.1) is 0 Å². The Kier molecular flexibility index (Phi) is 3.02. The number of carbonyl (C=O) groups is 1. The molecule has 6 heteroatoms. The summed E-state index contributed by atoms with van der Waals surface area (Å²) >= 11 is 3.16. The number of hydrogen-bond donors (Lipinski definition) is 1. The van der Waals surface area contributed by atoms with Gasteiger partial charge in [0.2, 0.25) is 0 Å². The minimum Gasteiger partial charge on any atom is -0.478 e. The van der Waals surface area contributed by atoms with Crippen molar-refractivity contribution in [1.82, 2.24) is 4.98 Å². The average molecular weight is 336 g/mol. The van der Waals surface area contributed by atoms with E-state index in [4.69, 9.17) is 4.42 Å². The monoisotopic (exact) mass is 335 g/mol. The molecular weight excluding hydrogens is 329 g/mol. The van der Waals surface area contributed by atoms with Gasteiger partial charge in [-0.3, -0.25) is 0 Å². The van der Waals surface area contributed by atoms with Gasteiger partial charge in [0, 0.05) is 5.39 Å². The molecule has 2 aromatic heterocycles. The number of carboxylic acids is 1. The molecule has 0 saturated carbocycles. The highest BCUT2D eigenvalue weighted by molar-refractivity contribution is 9.10. The molecule has 0 atom stereocenters. The standard InChI is InChI=1S/C14H7BrFNO3/c15-12-5-4-11(20-12)10-6-8(14(18)19)7-2-1-3-9(16)13(7)17-10/h1-6H,(H,18,19). The maximum absolute atomic E-state index is 13.8. The molecule has 0 aliphatic rings. The first-order valence-corrected chi connectivity index (χ1v) is 6.44. The summed E-state index contributed by atoms with van der Waals surface area (Å²) in [5.41, 5.74) is 0.262. The largest absolute Gasteiger partial charge is 0.478 e. The summed E-state index contributed by atoms with van der Waals surface area (Å²) < 4.78 is 19.7. The fourth-order valence-electron chi connectivity index (χ4n) is 1.97. The molecule has 0 bridgehead atoms. The number of furan rings is 1. The van der Waals surface area contributed by atoms with Gasteiger partial charge in [-0.1, -0.05) is 12.1 Å². The van der Waals surface area contributed by atoms with Crippen LogP contribution in [0.3, 0.4) is 0 Å². The molecule has 3 aromatic rings. The van der Waals surface area contributed by atoms with Gasteiger partial charge < -0.3 is 9.52 Å². The van der Waals surface area contributed by atoms with Crippen molar-refractivity contribution in [3.05, 3.63) is 52.4 Å². The molecule has 2 heterocycles. The highest BCUT2D eigenvalue weighted by Crippen LogP contribution is 2.28. The average Bonchev–Trinajstić information content (AvgIpc) is 2.85. The summed E-state index contributed by atoms with van der Waals surface area (Å²) in [4.78, 5) is 15.5. The molecule has 0 aliphatic heterocycles. The third-order valence-electron chi connectivity index (χ3n) is 2.85. The van der Waals surface area contributed by atoms with Crippen LogP contribution in [0.1, 0.15) is 10.4 Å².